The Hall–Kier alpha value is -0.880. The molecule has 1 aromatic rings. The molecule has 2 aliphatic carbocycles. The molecule has 2 nitrogen and oxygen atoms in total. The molecule has 0 aromatic heterocycles. The fourth-order valence-electron chi connectivity index (χ4n) is 4.44. The van der Waals surface area contributed by atoms with Gasteiger partial charge in [0.05, 0.1) is 9.47 Å². The fraction of sp³-hybridized carbons (Fsp3) is 0.611. The average molecular weight is 304 g/mol. The molecule has 0 aliphatic heterocycles. The van der Waals surface area contributed by atoms with E-state index in [1.54, 1.807) is 0 Å². The maximum Gasteiger partial charge on any atom is 0.139 e. The van der Waals surface area contributed by atoms with E-state index < -0.39 is 0 Å². The largest absolute Gasteiger partial charge is 0.480 e. The van der Waals surface area contributed by atoms with Crippen molar-refractivity contribution in [2.75, 3.05) is 0 Å². The minimum absolute atomic E-state index is 0.0218. The predicted molar refractivity (Wildman–Crippen MR) is 88.6 cm³/mol. The SMILES string of the molecule is CCc1cc(OP)ccc1C1CC[C@]2(C)C(=O)CCC2C1. The minimum atomic E-state index is -0.0218. The molecule has 4 atom stereocenters. The van der Waals surface area contributed by atoms with Crippen LogP contribution in [0, 0.1) is 11.3 Å². The molecule has 114 valence electrons. The smallest absolute Gasteiger partial charge is 0.139 e. The fourth-order valence-corrected chi connectivity index (χ4v) is 4.58. The van der Waals surface area contributed by atoms with E-state index in [4.69, 9.17) is 4.52 Å². The van der Waals surface area contributed by atoms with E-state index >= 15 is 0 Å². The highest BCUT2D eigenvalue weighted by Gasteiger charge is 2.49. The number of carbonyl (C=O) groups excluding carboxylic acids is 1. The third-order valence-corrected chi connectivity index (χ3v) is 6.18. The molecule has 3 unspecified atom stereocenters. The Bertz CT molecular complexity index is 554. The van der Waals surface area contributed by atoms with Gasteiger partial charge in [0.15, 0.2) is 0 Å². The predicted octanol–water partition coefficient (Wildman–Crippen LogP) is 4.67. The van der Waals surface area contributed by atoms with Gasteiger partial charge < -0.3 is 4.52 Å². The zero-order valence-electron chi connectivity index (χ0n) is 13.0. The topological polar surface area (TPSA) is 26.3 Å². The lowest BCUT2D eigenvalue weighted by Gasteiger charge is -2.39. The quantitative estimate of drug-likeness (QED) is 0.758. The molecule has 1 aromatic carbocycles. The van der Waals surface area contributed by atoms with Crippen LogP contribution in [0.15, 0.2) is 18.2 Å². The van der Waals surface area contributed by atoms with Gasteiger partial charge in [0.1, 0.15) is 11.5 Å². The monoisotopic (exact) mass is 304 g/mol. The number of benzene rings is 1. The summed E-state index contributed by atoms with van der Waals surface area (Å²) in [6.07, 6.45) is 6.32. The summed E-state index contributed by atoms with van der Waals surface area (Å²) in [5.41, 5.74) is 2.85. The van der Waals surface area contributed by atoms with Gasteiger partial charge in [0.2, 0.25) is 0 Å². The van der Waals surface area contributed by atoms with Gasteiger partial charge in [-0.2, -0.15) is 0 Å². The van der Waals surface area contributed by atoms with Crippen LogP contribution in [0.1, 0.15) is 63.0 Å². The summed E-state index contributed by atoms with van der Waals surface area (Å²) in [7, 11) is 2.32. The molecular weight excluding hydrogens is 279 g/mol. The van der Waals surface area contributed by atoms with Crippen LogP contribution >= 0.6 is 9.47 Å². The summed E-state index contributed by atoms with van der Waals surface area (Å²) in [6, 6.07) is 6.47. The summed E-state index contributed by atoms with van der Waals surface area (Å²) in [4.78, 5) is 12.2. The number of hydrogen-bond donors (Lipinski definition) is 0. The van der Waals surface area contributed by atoms with Crippen LogP contribution in [-0.4, -0.2) is 5.78 Å². The first-order valence-corrected chi connectivity index (χ1v) is 8.58. The standard InChI is InChI=1S/C18H25O2P/c1-3-12-11-15(20-21)5-6-16(12)13-8-9-18(2)14(10-13)4-7-17(18)19/h5-6,11,13-14H,3-4,7-10,21H2,1-2H3/t13?,14?,18-/m0/s1. The maximum atomic E-state index is 12.2. The van der Waals surface area contributed by atoms with E-state index in [9.17, 15) is 4.79 Å². The molecule has 0 N–H and O–H groups in total. The van der Waals surface area contributed by atoms with Crippen LogP contribution < -0.4 is 4.52 Å². The molecule has 0 heterocycles. The molecule has 3 heteroatoms. The van der Waals surface area contributed by atoms with Gasteiger partial charge in [-0.05, 0) is 67.2 Å². The van der Waals surface area contributed by atoms with Crippen molar-refractivity contribution in [3.63, 3.8) is 0 Å². The Morgan fingerprint density at radius 2 is 2.19 bits per heavy atom. The third-order valence-electron chi connectivity index (χ3n) is 5.91. The zero-order chi connectivity index (χ0) is 15.0. The Labute approximate surface area is 129 Å². The van der Waals surface area contributed by atoms with Gasteiger partial charge in [-0.15, -0.1) is 0 Å². The van der Waals surface area contributed by atoms with Crippen molar-refractivity contribution < 1.29 is 9.32 Å². The van der Waals surface area contributed by atoms with E-state index in [1.165, 1.54) is 17.5 Å². The highest BCUT2D eigenvalue weighted by molar-refractivity contribution is 7.10. The van der Waals surface area contributed by atoms with Gasteiger partial charge >= 0.3 is 0 Å². The van der Waals surface area contributed by atoms with Crippen molar-refractivity contribution in [3.05, 3.63) is 29.3 Å². The summed E-state index contributed by atoms with van der Waals surface area (Å²) in [6.45, 7) is 4.41. The summed E-state index contributed by atoms with van der Waals surface area (Å²) < 4.78 is 5.27. The first-order chi connectivity index (χ1) is 10.1. The van der Waals surface area contributed by atoms with E-state index in [1.807, 2.05) is 0 Å². The Kier molecular flexibility index (Phi) is 4.10. The van der Waals surface area contributed by atoms with Crippen LogP contribution in [0.2, 0.25) is 0 Å². The number of fused-ring (bicyclic) bond motifs is 1. The molecule has 0 amide bonds. The van der Waals surface area contributed by atoms with Gasteiger partial charge in [-0.25, -0.2) is 0 Å². The minimum Gasteiger partial charge on any atom is -0.480 e. The van der Waals surface area contributed by atoms with Crippen LogP contribution in [0.3, 0.4) is 0 Å². The number of ketones is 1. The van der Waals surface area contributed by atoms with E-state index in [2.05, 4.69) is 41.5 Å². The number of Topliss-reactive ketones (excluding diaryl/α,β-unsaturated/α-hetero) is 1. The third kappa shape index (κ3) is 2.52. The molecule has 2 aliphatic rings. The second-order valence-corrected chi connectivity index (χ2v) is 7.12. The summed E-state index contributed by atoms with van der Waals surface area (Å²) in [5, 5.41) is 0. The molecule has 21 heavy (non-hydrogen) atoms. The molecule has 0 bridgehead atoms. The Morgan fingerprint density at radius 3 is 2.90 bits per heavy atom. The number of hydrogen-bond acceptors (Lipinski definition) is 2. The molecule has 0 radical (unpaired) electrons. The normalized spacial score (nSPS) is 32.0. The molecule has 0 saturated heterocycles. The van der Waals surface area contributed by atoms with Crippen molar-refractivity contribution in [1.29, 1.82) is 0 Å². The van der Waals surface area contributed by atoms with Crippen LogP contribution in [0.4, 0.5) is 0 Å². The number of aryl methyl sites for hydroxylation is 1. The molecule has 3 rings (SSSR count). The van der Waals surface area contributed by atoms with Gasteiger partial charge in [-0.1, -0.05) is 19.9 Å². The molecule has 2 fully saturated rings. The Morgan fingerprint density at radius 1 is 1.38 bits per heavy atom. The summed E-state index contributed by atoms with van der Waals surface area (Å²) in [5.74, 6) is 2.62. The van der Waals surface area contributed by atoms with E-state index in [0.29, 0.717) is 17.6 Å². The van der Waals surface area contributed by atoms with Crippen molar-refractivity contribution in [1.82, 2.24) is 0 Å². The molecule has 0 spiro atoms. The van der Waals surface area contributed by atoms with Gasteiger partial charge in [-0.3, -0.25) is 4.79 Å². The van der Waals surface area contributed by atoms with Crippen LogP contribution in [0.5, 0.6) is 5.75 Å². The Balaban J connectivity index is 1.85. The van der Waals surface area contributed by atoms with E-state index in [-0.39, 0.29) is 5.41 Å². The molecular formula is C18H25O2P. The lowest BCUT2D eigenvalue weighted by atomic mass is 9.64. The van der Waals surface area contributed by atoms with Crippen molar-refractivity contribution in [3.8, 4) is 5.75 Å². The zero-order valence-corrected chi connectivity index (χ0v) is 14.2. The van der Waals surface area contributed by atoms with Crippen molar-refractivity contribution in [2.24, 2.45) is 11.3 Å². The van der Waals surface area contributed by atoms with E-state index in [0.717, 1.165) is 37.9 Å². The lowest BCUT2D eigenvalue weighted by molar-refractivity contribution is -0.127. The first-order valence-electron chi connectivity index (χ1n) is 8.11. The maximum absolute atomic E-state index is 12.2. The lowest BCUT2D eigenvalue weighted by Crippen LogP contribution is -2.34. The van der Waals surface area contributed by atoms with Gasteiger partial charge in [0.25, 0.3) is 0 Å². The first kappa shape index (κ1) is 15.0. The highest BCUT2D eigenvalue weighted by Crippen LogP contribution is 2.54. The van der Waals surface area contributed by atoms with Crippen LogP contribution in [0.25, 0.3) is 0 Å². The highest BCUT2D eigenvalue weighted by atomic mass is 31.0. The second-order valence-electron chi connectivity index (χ2n) is 6.88. The number of carbonyl (C=O) groups is 1. The average Bonchev–Trinajstić information content (AvgIpc) is 2.81. The van der Waals surface area contributed by atoms with Crippen LogP contribution in [-0.2, 0) is 11.2 Å². The summed E-state index contributed by atoms with van der Waals surface area (Å²) >= 11 is 0. The number of rotatable bonds is 3. The van der Waals surface area contributed by atoms with Crippen molar-refractivity contribution >= 4 is 15.2 Å². The molecule has 2 saturated carbocycles. The second kappa shape index (κ2) is 5.72. The van der Waals surface area contributed by atoms with Crippen molar-refractivity contribution in [2.45, 2.75) is 58.3 Å². The van der Waals surface area contributed by atoms with Gasteiger partial charge in [0, 0.05) is 11.8 Å².